The van der Waals surface area contributed by atoms with E-state index in [1.165, 1.54) is 24.0 Å². The number of Topliss-reactive ketones (excluding diaryl/α,β-unsaturated/α-hetero) is 1. The lowest BCUT2D eigenvalue weighted by molar-refractivity contribution is -0.148. The first-order valence-corrected chi connectivity index (χ1v) is 8.67. The van der Waals surface area contributed by atoms with E-state index in [2.05, 4.69) is 0 Å². The Balaban J connectivity index is 2.15. The van der Waals surface area contributed by atoms with Crippen LogP contribution >= 0.6 is 11.8 Å². The number of amides is 1. The van der Waals surface area contributed by atoms with Crippen molar-refractivity contribution in [1.29, 1.82) is 0 Å². The maximum Gasteiger partial charge on any atom is 0.326 e. The largest absolute Gasteiger partial charge is 0.480 e. The molecule has 8 heteroatoms. The third-order valence-electron chi connectivity index (χ3n) is 3.95. The Bertz CT molecular complexity index is 691. The molecular formula is C17H18FNO5S. The van der Waals surface area contributed by atoms with E-state index in [1.807, 2.05) is 0 Å². The molecule has 1 N–H and O–H groups in total. The van der Waals surface area contributed by atoms with Crippen molar-refractivity contribution < 1.29 is 28.7 Å². The van der Waals surface area contributed by atoms with Crippen LogP contribution in [0, 0.1) is 5.82 Å². The van der Waals surface area contributed by atoms with Crippen molar-refractivity contribution in [2.75, 3.05) is 6.54 Å². The van der Waals surface area contributed by atoms with E-state index in [9.17, 15) is 23.6 Å². The fourth-order valence-electron chi connectivity index (χ4n) is 2.79. The molecule has 134 valence electrons. The molecule has 2 rings (SSSR count). The van der Waals surface area contributed by atoms with Crippen molar-refractivity contribution in [3.05, 3.63) is 35.6 Å². The summed E-state index contributed by atoms with van der Waals surface area (Å²) in [5, 5.41) is 7.87. The van der Waals surface area contributed by atoms with Crippen molar-refractivity contribution in [2.24, 2.45) is 0 Å². The number of hydrogen-bond donors (Lipinski definition) is 1. The quantitative estimate of drug-likeness (QED) is 0.775. The second kappa shape index (κ2) is 8.24. The van der Waals surface area contributed by atoms with Gasteiger partial charge < -0.3 is 10.0 Å². The summed E-state index contributed by atoms with van der Waals surface area (Å²) in [4.78, 5) is 48.9. The van der Waals surface area contributed by atoms with Gasteiger partial charge in [0, 0.05) is 25.5 Å². The minimum atomic E-state index is -1.08. The molecule has 1 fully saturated rings. The van der Waals surface area contributed by atoms with Crippen molar-refractivity contribution in [3.63, 3.8) is 0 Å². The number of hydrogen-bond acceptors (Lipinski definition) is 5. The molecule has 1 aliphatic heterocycles. The molecule has 0 saturated carbocycles. The first kappa shape index (κ1) is 19.1. The van der Waals surface area contributed by atoms with E-state index in [0.29, 0.717) is 19.4 Å². The number of halogens is 1. The first-order chi connectivity index (χ1) is 11.8. The molecule has 0 radical (unpaired) electrons. The van der Waals surface area contributed by atoms with Crippen molar-refractivity contribution in [1.82, 2.24) is 4.90 Å². The molecule has 1 unspecified atom stereocenters. The fourth-order valence-corrected chi connectivity index (χ4v) is 3.66. The van der Waals surface area contributed by atoms with Crippen LogP contribution in [0.3, 0.4) is 0 Å². The third kappa shape index (κ3) is 4.88. The number of carbonyl (C=O) groups excluding carboxylic acids is 3. The SMILES string of the molecule is CC(=O)SC(CC(=O)N1CCC[C@H]1C(=O)O)C(=O)c1ccc(F)cc1. The minimum Gasteiger partial charge on any atom is -0.480 e. The van der Waals surface area contributed by atoms with Crippen LogP contribution in [0.5, 0.6) is 0 Å². The van der Waals surface area contributed by atoms with Crippen molar-refractivity contribution in [2.45, 2.75) is 37.5 Å². The summed E-state index contributed by atoms with van der Waals surface area (Å²) in [7, 11) is 0. The molecule has 1 aliphatic rings. The van der Waals surface area contributed by atoms with Gasteiger partial charge in [-0.25, -0.2) is 9.18 Å². The maximum absolute atomic E-state index is 13.0. The van der Waals surface area contributed by atoms with Gasteiger partial charge in [0.1, 0.15) is 11.9 Å². The number of likely N-dealkylation sites (tertiary alicyclic amines) is 1. The Kier molecular flexibility index (Phi) is 6.30. The van der Waals surface area contributed by atoms with E-state index in [4.69, 9.17) is 5.11 Å². The average molecular weight is 367 g/mol. The molecular weight excluding hydrogens is 349 g/mol. The zero-order valence-electron chi connectivity index (χ0n) is 13.6. The zero-order valence-corrected chi connectivity index (χ0v) is 14.4. The Morgan fingerprint density at radius 1 is 1.28 bits per heavy atom. The summed E-state index contributed by atoms with van der Waals surface area (Å²) in [6.07, 6.45) is 0.681. The molecule has 1 heterocycles. The van der Waals surface area contributed by atoms with Gasteiger partial charge in [-0.2, -0.15) is 0 Å². The molecule has 0 aromatic heterocycles. The first-order valence-electron chi connectivity index (χ1n) is 7.79. The van der Waals surface area contributed by atoms with Gasteiger partial charge in [0.15, 0.2) is 10.9 Å². The summed E-state index contributed by atoms with van der Waals surface area (Å²) >= 11 is 0.726. The highest BCUT2D eigenvalue weighted by Gasteiger charge is 2.36. The van der Waals surface area contributed by atoms with Crippen LogP contribution in [0.2, 0.25) is 0 Å². The minimum absolute atomic E-state index is 0.198. The molecule has 1 amide bonds. The molecule has 1 aromatic rings. The standard InChI is InChI=1S/C17H18FNO5S/c1-10(20)25-14(16(22)11-4-6-12(18)7-5-11)9-15(21)19-8-2-3-13(19)17(23)24/h4-7,13-14H,2-3,8-9H2,1H3,(H,23,24)/t13-,14?/m0/s1. The lowest BCUT2D eigenvalue weighted by atomic mass is 10.1. The van der Waals surface area contributed by atoms with Crippen LogP contribution in [0.15, 0.2) is 24.3 Å². The monoisotopic (exact) mass is 367 g/mol. The Morgan fingerprint density at radius 2 is 1.92 bits per heavy atom. The smallest absolute Gasteiger partial charge is 0.326 e. The second-order valence-electron chi connectivity index (χ2n) is 5.76. The van der Waals surface area contributed by atoms with E-state index < -0.39 is 34.8 Å². The second-order valence-corrected chi connectivity index (χ2v) is 7.14. The van der Waals surface area contributed by atoms with E-state index in [1.54, 1.807) is 0 Å². The number of aliphatic carboxylic acids is 1. The summed E-state index contributed by atoms with van der Waals surface area (Å²) in [5.74, 6) is -2.50. The molecule has 2 atom stereocenters. The fraction of sp³-hybridized carbons (Fsp3) is 0.412. The number of carboxylic acid groups (broad SMARTS) is 1. The highest BCUT2D eigenvalue weighted by Crippen LogP contribution is 2.25. The van der Waals surface area contributed by atoms with Crippen LogP contribution in [0.25, 0.3) is 0 Å². The van der Waals surface area contributed by atoms with Crippen molar-refractivity contribution in [3.8, 4) is 0 Å². The maximum atomic E-state index is 13.0. The van der Waals surface area contributed by atoms with E-state index >= 15 is 0 Å². The normalized spacial score (nSPS) is 18.0. The van der Waals surface area contributed by atoms with Gasteiger partial charge in [-0.1, -0.05) is 11.8 Å². The summed E-state index contributed by atoms with van der Waals surface area (Å²) < 4.78 is 13.0. The van der Waals surface area contributed by atoms with Crippen LogP contribution in [0.4, 0.5) is 4.39 Å². The van der Waals surface area contributed by atoms with Crippen LogP contribution in [-0.4, -0.2) is 50.6 Å². The van der Waals surface area contributed by atoms with Crippen molar-refractivity contribution >= 4 is 34.5 Å². The average Bonchev–Trinajstić information content (AvgIpc) is 3.04. The predicted molar refractivity (Wildman–Crippen MR) is 89.8 cm³/mol. The number of ketones is 1. The van der Waals surface area contributed by atoms with Gasteiger partial charge in [-0.05, 0) is 37.1 Å². The Hall–Kier alpha value is -2.22. The van der Waals surface area contributed by atoms with Crippen LogP contribution < -0.4 is 0 Å². The lowest BCUT2D eigenvalue weighted by Gasteiger charge is -2.23. The van der Waals surface area contributed by atoms with Gasteiger partial charge in [-0.3, -0.25) is 14.4 Å². The molecule has 0 bridgehead atoms. The third-order valence-corrected chi connectivity index (χ3v) is 4.94. The Morgan fingerprint density at radius 3 is 2.48 bits per heavy atom. The molecule has 25 heavy (non-hydrogen) atoms. The van der Waals surface area contributed by atoms with Gasteiger partial charge in [0.05, 0.1) is 5.25 Å². The molecule has 0 aliphatic carbocycles. The highest BCUT2D eigenvalue weighted by molar-refractivity contribution is 8.14. The number of thioether (sulfide) groups is 1. The number of carboxylic acids is 1. The zero-order chi connectivity index (χ0) is 18.6. The van der Waals surface area contributed by atoms with E-state index in [0.717, 1.165) is 23.9 Å². The molecule has 1 aromatic carbocycles. The summed E-state index contributed by atoms with van der Waals surface area (Å²) in [6, 6.07) is 3.96. The van der Waals surface area contributed by atoms with Gasteiger partial charge in [0.25, 0.3) is 0 Å². The van der Waals surface area contributed by atoms with Gasteiger partial charge >= 0.3 is 5.97 Å². The van der Waals surface area contributed by atoms with Gasteiger partial charge in [-0.15, -0.1) is 0 Å². The number of carbonyl (C=O) groups is 4. The number of nitrogens with zero attached hydrogens (tertiary/aromatic N) is 1. The topological polar surface area (TPSA) is 91.8 Å². The predicted octanol–water partition coefficient (Wildman–Crippen LogP) is 2.12. The molecule has 0 spiro atoms. The highest BCUT2D eigenvalue weighted by atomic mass is 32.2. The lowest BCUT2D eigenvalue weighted by Crippen LogP contribution is -2.42. The Labute approximate surface area is 148 Å². The van der Waals surface area contributed by atoms with Crippen LogP contribution in [-0.2, 0) is 14.4 Å². The number of rotatable bonds is 6. The van der Waals surface area contributed by atoms with Gasteiger partial charge in [0.2, 0.25) is 5.91 Å². The summed E-state index contributed by atoms with van der Waals surface area (Å²) in [5.41, 5.74) is 0.198. The van der Waals surface area contributed by atoms with E-state index in [-0.39, 0.29) is 17.1 Å². The number of benzene rings is 1. The molecule has 1 saturated heterocycles. The molecule has 6 nitrogen and oxygen atoms in total. The summed E-state index contributed by atoms with van der Waals surface area (Å²) in [6.45, 7) is 1.61. The van der Waals surface area contributed by atoms with Crippen LogP contribution in [0.1, 0.15) is 36.5 Å².